The summed E-state index contributed by atoms with van der Waals surface area (Å²) in [5, 5.41) is 3.02. The molecular weight excluding hydrogens is 928 g/mol. The lowest BCUT2D eigenvalue weighted by atomic mass is 10.0. The number of ether oxygens (including phenoxy) is 1. The predicted octanol–water partition coefficient (Wildman–Crippen LogP) is 17.8. The summed E-state index contributed by atoms with van der Waals surface area (Å²) >= 11 is 0. The summed E-state index contributed by atoms with van der Waals surface area (Å²) in [6, 6.07) is -0.902. The van der Waals surface area contributed by atoms with Crippen LogP contribution in [0.15, 0.2) is 72.9 Å². The number of amides is 1. The van der Waals surface area contributed by atoms with Crippen LogP contribution in [-0.4, -0.2) is 69.4 Å². The molecule has 1 amide bonds. The molecule has 73 heavy (non-hydrogen) atoms. The molecule has 0 radical (unpaired) electrons. The Morgan fingerprint density at radius 2 is 0.877 bits per heavy atom. The first-order chi connectivity index (χ1) is 35.4. The van der Waals surface area contributed by atoms with Crippen LogP contribution < -0.4 is 10.2 Å². The molecule has 1 N–H and O–H groups in total. The molecule has 0 rings (SSSR count). The normalized spacial score (nSPS) is 14.2. The van der Waals surface area contributed by atoms with Crippen molar-refractivity contribution in [3.05, 3.63) is 72.9 Å². The summed E-state index contributed by atoms with van der Waals surface area (Å²) in [5.41, 5.74) is 0. The number of quaternary nitrogens is 1. The number of esters is 1. The first kappa shape index (κ1) is 70.5. The molecule has 0 bridgehead atoms. The number of phosphoric acid groups is 1. The average Bonchev–Trinajstić information content (AvgIpc) is 3.35. The molecule has 9 nitrogen and oxygen atoms in total. The van der Waals surface area contributed by atoms with E-state index in [1.54, 1.807) is 0 Å². The number of rotatable bonds is 54. The molecular formula is C63H115N2O7P. The van der Waals surface area contributed by atoms with Gasteiger partial charge in [0.25, 0.3) is 7.82 Å². The van der Waals surface area contributed by atoms with Gasteiger partial charge in [-0.15, -0.1) is 0 Å². The van der Waals surface area contributed by atoms with Gasteiger partial charge in [-0.1, -0.05) is 248 Å². The Kier molecular flexibility index (Phi) is 51.0. The lowest BCUT2D eigenvalue weighted by Gasteiger charge is -2.30. The van der Waals surface area contributed by atoms with Crippen LogP contribution in [-0.2, 0) is 27.9 Å². The van der Waals surface area contributed by atoms with Gasteiger partial charge in [-0.25, -0.2) is 0 Å². The summed E-state index contributed by atoms with van der Waals surface area (Å²) in [4.78, 5) is 39.9. The molecule has 0 aromatic rings. The predicted molar refractivity (Wildman–Crippen MR) is 312 cm³/mol. The van der Waals surface area contributed by atoms with Crippen LogP contribution in [0.2, 0.25) is 0 Å². The zero-order chi connectivity index (χ0) is 53.6. The Balaban J connectivity index is 5.38. The molecule has 3 unspecified atom stereocenters. The fourth-order valence-electron chi connectivity index (χ4n) is 8.49. The lowest BCUT2D eigenvalue weighted by Crippen LogP contribution is -2.47. The second kappa shape index (κ2) is 52.9. The lowest BCUT2D eigenvalue weighted by molar-refractivity contribution is -0.870. The zero-order valence-electron chi connectivity index (χ0n) is 48.3. The number of hydrogen-bond acceptors (Lipinski definition) is 7. The van der Waals surface area contributed by atoms with E-state index in [-0.39, 0.29) is 24.9 Å². The van der Waals surface area contributed by atoms with E-state index in [1.807, 2.05) is 33.3 Å². The van der Waals surface area contributed by atoms with Crippen LogP contribution in [0.5, 0.6) is 0 Å². The van der Waals surface area contributed by atoms with Gasteiger partial charge in [-0.2, -0.15) is 0 Å². The van der Waals surface area contributed by atoms with Crippen LogP contribution in [0, 0.1) is 0 Å². The number of nitrogens with zero attached hydrogens (tertiary/aromatic N) is 1. The maximum Gasteiger partial charge on any atom is 0.306 e. The quantitative estimate of drug-likeness (QED) is 0.0212. The van der Waals surface area contributed by atoms with Gasteiger partial charge in [0.05, 0.1) is 33.8 Å². The van der Waals surface area contributed by atoms with Gasteiger partial charge in [0.2, 0.25) is 5.91 Å². The molecule has 0 saturated heterocycles. The van der Waals surface area contributed by atoms with E-state index in [4.69, 9.17) is 13.8 Å². The Labute approximate surface area is 451 Å². The van der Waals surface area contributed by atoms with Crippen molar-refractivity contribution >= 4 is 19.7 Å². The van der Waals surface area contributed by atoms with Crippen LogP contribution in [0.3, 0.4) is 0 Å². The third kappa shape index (κ3) is 54.1. The highest BCUT2D eigenvalue weighted by Gasteiger charge is 2.27. The fourth-order valence-corrected chi connectivity index (χ4v) is 9.21. The van der Waals surface area contributed by atoms with E-state index in [2.05, 4.69) is 86.8 Å². The van der Waals surface area contributed by atoms with E-state index >= 15 is 0 Å². The Morgan fingerprint density at radius 3 is 1.33 bits per heavy atom. The standard InChI is InChI=1S/C63H115N2O7P/c1-7-10-13-16-19-22-25-28-30-31-32-33-35-38-41-44-47-50-53-56-63(67)72-61(54-51-48-45-42-39-36-27-24-21-18-15-12-9-3)60(59-71-73(68,69)70-58-57-65(4,5)6)64-62(66)55-52-49-46-43-40-37-34-29-26-23-20-17-14-11-8-2/h10,13,19,22,28,30,32-33,38,41,51,54,60-61H,7-9,11-12,14-18,20-21,23-27,29,31,34-37,39-40,42-50,52-53,55-59H2,1-6H3,(H-,64,66,68,69)/b13-10-,22-19-,30-28-,33-32-,41-38-,54-51+. The minimum Gasteiger partial charge on any atom is -0.756 e. The number of likely N-dealkylation sites (N-methyl/N-ethyl adjacent to an activating group) is 1. The van der Waals surface area contributed by atoms with Crippen LogP contribution >= 0.6 is 7.82 Å². The largest absolute Gasteiger partial charge is 0.756 e. The molecule has 0 aromatic carbocycles. The van der Waals surface area contributed by atoms with E-state index in [1.165, 1.54) is 135 Å². The summed E-state index contributed by atoms with van der Waals surface area (Å²) in [6.07, 6.45) is 67.2. The average molecular weight is 1040 g/mol. The molecule has 0 saturated carbocycles. The van der Waals surface area contributed by atoms with Crippen LogP contribution in [0.4, 0.5) is 0 Å². The second-order valence-corrected chi connectivity index (χ2v) is 22.9. The summed E-state index contributed by atoms with van der Waals surface area (Å²) < 4.78 is 30.3. The molecule has 0 spiro atoms. The maximum atomic E-state index is 13.5. The second-order valence-electron chi connectivity index (χ2n) is 21.5. The molecule has 0 aliphatic rings. The number of carbonyl (C=O) groups is 2. The van der Waals surface area contributed by atoms with Gasteiger partial charge >= 0.3 is 5.97 Å². The molecule has 3 atom stereocenters. The molecule has 0 aliphatic heterocycles. The third-order valence-corrected chi connectivity index (χ3v) is 14.1. The molecule has 0 aromatic heterocycles. The summed E-state index contributed by atoms with van der Waals surface area (Å²) in [5.74, 6) is -0.574. The molecule has 424 valence electrons. The Bertz CT molecular complexity index is 1480. The van der Waals surface area contributed by atoms with Crippen molar-refractivity contribution < 1.29 is 37.3 Å². The van der Waals surface area contributed by atoms with Crippen molar-refractivity contribution in [1.29, 1.82) is 0 Å². The highest BCUT2D eigenvalue weighted by atomic mass is 31.2. The Hall–Kier alpha value is -2.55. The van der Waals surface area contributed by atoms with Crippen molar-refractivity contribution in [2.24, 2.45) is 0 Å². The first-order valence-corrected chi connectivity index (χ1v) is 31.7. The van der Waals surface area contributed by atoms with Crippen molar-refractivity contribution in [1.82, 2.24) is 5.32 Å². The maximum absolute atomic E-state index is 13.5. The third-order valence-electron chi connectivity index (χ3n) is 13.2. The number of hydrogen-bond donors (Lipinski definition) is 1. The fraction of sp³-hybridized carbons (Fsp3) is 0.778. The SMILES string of the molecule is CC/C=C\C/C=C\C/C=C\C/C=C\C/C=C\CCCCCC(=O)OC(/C=C/CCCCCCCCCCCCC)C(COP(=O)([O-])OCC[N+](C)(C)C)NC(=O)CCCCCCCCCCCCCCCCC. The number of unbranched alkanes of at least 4 members (excludes halogenated alkanes) is 28. The van der Waals surface area contributed by atoms with Gasteiger partial charge in [-0.05, 0) is 76.7 Å². The van der Waals surface area contributed by atoms with Crippen LogP contribution in [0.1, 0.15) is 265 Å². The first-order valence-electron chi connectivity index (χ1n) is 30.2. The summed E-state index contributed by atoms with van der Waals surface area (Å²) in [7, 11) is 1.17. The Morgan fingerprint density at radius 1 is 0.493 bits per heavy atom. The molecule has 0 aliphatic carbocycles. The number of allylic oxidation sites excluding steroid dienone is 11. The molecule has 10 heteroatoms. The number of nitrogens with one attached hydrogen (secondary N) is 1. The zero-order valence-corrected chi connectivity index (χ0v) is 49.2. The van der Waals surface area contributed by atoms with Crippen molar-refractivity contribution in [2.45, 2.75) is 277 Å². The van der Waals surface area contributed by atoms with Gasteiger partial charge in [0.15, 0.2) is 0 Å². The van der Waals surface area contributed by atoms with Gasteiger partial charge in [0, 0.05) is 12.8 Å². The van der Waals surface area contributed by atoms with Crippen molar-refractivity contribution in [3.8, 4) is 0 Å². The minimum absolute atomic E-state index is 0.0289. The minimum atomic E-state index is -4.70. The van der Waals surface area contributed by atoms with E-state index < -0.39 is 26.6 Å². The van der Waals surface area contributed by atoms with Crippen LogP contribution in [0.25, 0.3) is 0 Å². The monoisotopic (exact) mass is 1040 g/mol. The summed E-state index contributed by atoms with van der Waals surface area (Å²) in [6.45, 7) is 6.72. The van der Waals surface area contributed by atoms with E-state index in [0.717, 1.165) is 89.9 Å². The van der Waals surface area contributed by atoms with Gasteiger partial charge in [0.1, 0.15) is 19.3 Å². The molecule has 0 fully saturated rings. The van der Waals surface area contributed by atoms with E-state index in [9.17, 15) is 19.0 Å². The van der Waals surface area contributed by atoms with E-state index in [0.29, 0.717) is 23.9 Å². The number of carbonyl (C=O) groups excluding carboxylic acids is 2. The van der Waals surface area contributed by atoms with Gasteiger partial charge in [-0.3, -0.25) is 14.2 Å². The van der Waals surface area contributed by atoms with Gasteiger partial charge < -0.3 is 28.5 Å². The smallest absolute Gasteiger partial charge is 0.306 e. The topological polar surface area (TPSA) is 114 Å². The highest BCUT2D eigenvalue weighted by molar-refractivity contribution is 7.45. The highest BCUT2D eigenvalue weighted by Crippen LogP contribution is 2.38. The van der Waals surface area contributed by atoms with Crippen molar-refractivity contribution in [2.75, 3.05) is 40.9 Å². The van der Waals surface area contributed by atoms with Crippen molar-refractivity contribution in [3.63, 3.8) is 0 Å². The molecule has 0 heterocycles. The number of phosphoric ester groups is 1.